The van der Waals surface area contributed by atoms with E-state index >= 15 is 0 Å². The van der Waals surface area contributed by atoms with Gasteiger partial charge in [-0.15, -0.1) is 0 Å². The minimum Gasteiger partial charge on any atom is -0.501 e. The maximum Gasteiger partial charge on any atom is 0.201 e. The van der Waals surface area contributed by atoms with Crippen molar-refractivity contribution in [2.45, 2.75) is 46.8 Å². The largest absolute Gasteiger partial charge is 0.501 e. The second-order valence-corrected chi connectivity index (χ2v) is 4.62. The van der Waals surface area contributed by atoms with Crippen LogP contribution in [0.25, 0.3) is 0 Å². The van der Waals surface area contributed by atoms with Gasteiger partial charge in [0.15, 0.2) is 0 Å². The Kier molecular flexibility index (Phi) is 8.15. The van der Waals surface area contributed by atoms with E-state index in [0.29, 0.717) is 6.61 Å². The highest BCUT2D eigenvalue weighted by atomic mass is 31.2. The molecule has 0 aromatic heterocycles. The lowest BCUT2D eigenvalue weighted by Crippen LogP contribution is -2.03. The summed E-state index contributed by atoms with van der Waals surface area (Å²) in [4.78, 5) is 0. The molecule has 0 aliphatic rings. The molecule has 0 spiro atoms. The first-order valence-electron chi connectivity index (χ1n) is 4.97. The summed E-state index contributed by atoms with van der Waals surface area (Å²) >= 11 is 0. The molecule has 0 heterocycles. The van der Waals surface area contributed by atoms with E-state index in [2.05, 4.69) is 0 Å². The van der Waals surface area contributed by atoms with Crippen molar-refractivity contribution >= 4 is 8.38 Å². The Morgan fingerprint density at radius 3 is 1.93 bits per heavy atom. The fraction of sp³-hybridized carbons (Fsp3) is 0.800. The van der Waals surface area contributed by atoms with Crippen LogP contribution in [0.1, 0.15) is 34.6 Å². The van der Waals surface area contributed by atoms with Crippen LogP contribution in [0.4, 0.5) is 0 Å². The van der Waals surface area contributed by atoms with E-state index in [9.17, 15) is 0 Å². The molecule has 84 valence electrons. The molecule has 0 N–H and O–H groups in total. The van der Waals surface area contributed by atoms with Crippen LogP contribution >= 0.6 is 8.38 Å². The van der Waals surface area contributed by atoms with Crippen molar-refractivity contribution in [3.05, 3.63) is 12.1 Å². The number of hydrogen-bond donors (Lipinski definition) is 0. The Morgan fingerprint density at radius 1 is 1.07 bits per heavy atom. The lowest BCUT2D eigenvalue weighted by atomic mass is 10.5. The van der Waals surface area contributed by atoms with Crippen molar-refractivity contribution in [1.29, 1.82) is 0 Å². The van der Waals surface area contributed by atoms with E-state index in [1.54, 1.807) is 6.26 Å². The summed E-state index contributed by atoms with van der Waals surface area (Å²) in [6, 6.07) is 0. The molecule has 0 rings (SSSR count). The minimum atomic E-state index is -0.957. The Balaban J connectivity index is 3.96. The number of ether oxygens (including phenoxy) is 1. The second kappa shape index (κ2) is 8.22. The van der Waals surface area contributed by atoms with Crippen LogP contribution < -0.4 is 0 Å². The van der Waals surface area contributed by atoms with Crippen molar-refractivity contribution < 1.29 is 13.8 Å². The molecule has 0 fully saturated rings. The Hall–Kier alpha value is -0.110. The topological polar surface area (TPSA) is 27.7 Å². The molecule has 0 aliphatic carbocycles. The zero-order valence-electron chi connectivity index (χ0n) is 9.69. The molecule has 0 amide bonds. The van der Waals surface area contributed by atoms with Gasteiger partial charge in [0.1, 0.15) is 0 Å². The van der Waals surface area contributed by atoms with Crippen molar-refractivity contribution in [2.24, 2.45) is 0 Å². The molecule has 0 saturated heterocycles. The van der Waals surface area contributed by atoms with Gasteiger partial charge in [-0.3, -0.25) is 0 Å². The van der Waals surface area contributed by atoms with Crippen molar-refractivity contribution in [1.82, 2.24) is 0 Å². The molecule has 0 radical (unpaired) electrons. The minimum absolute atomic E-state index is 0.172. The molecule has 0 aromatic rings. The van der Waals surface area contributed by atoms with Crippen LogP contribution in [0.2, 0.25) is 0 Å². The SMILES string of the molecule is CCO/C=C\P(OC(C)C)OC(C)C. The Morgan fingerprint density at radius 2 is 1.57 bits per heavy atom. The van der Waals surface area contributed by atoms with Gasteiger partial charge in [0, 0.05) is 5.82 Å². The number of hydrogen-bond acceptors (Lipinski definition) is 3. The van der Waals surface area contributed by atoms with E-state index in [1.807, 2.05) is 40.4 Å². The molecule has 3 nitrogen and oxygen atoms in total. The average molecular weight is 220 g/mol. The van der Waals surface area contributed by atoms with Gasteiger partial charge in [0.05, 0.1) is 25.1 Å². The van der Waals surface area contributed by atoms with E-state index in [4.69, 9.17) is 13.8 Å². The summed E-state index contributed by atoms with van der Waals surface area (Å²) in [6.45, 7) is 10.6. The van der Waals surface area contributed by atoms with Crippen LogP contribution in [0, 0.1) is 0 Å². The maximum absolute atomic E-state index is 5.58. The van der Waals surface area contributed by atoms with Crippen molar-refractivity contribution in [3.63, 3.8) is 0 Å². The van der Waals surface area contributed by atoms with E-state index in [0.717, 1.165) is 0 Å². The van der Waals surface area contributed by atoms with Crippen molar-refractivity contribution in [3.8, 4) is 0 Å². The van der Waals surface area contributed by atoms with Crippen LogP contribution in [-0.2, 0) is 13.8 Å². The summed E-state index contributed by atoms with van der Waals surface area (Å²) < 4.78 is 16.3. The van der Waals surface area contributed by atoms with Crippen LogP contribution in [0.3, 0.4) is 0 Å². The zero-order valence-corrected chi connectivity index (χ0v) is 10.6. The van der Waals surface area contributed by atoms with Gasteiger partial charge in [0.25, 0.3) is 0 Å². The summed E-state index contributed by atoms with van der Waals surface area (Å²) in [7, 11) is -0.957. The molecular weight excluding hydrogens is 199 g/mol. The molecule has 14 heavy (non-hydrogen) atoms. The third-order valence-corrected chi connectivity index (χ3v) is 2.70. The second-order valence-electron chi connectivity index (χ2n) is 3.33. The first-order chi connectivity index (χ1) is 6.56. The molecular formula is C10H21O3P. The third kappa shape index (κ3) is 8.49. The molecule has 0 bridgehead atoms. The fourth-order valence-corrected chi connectivity index (χ4v) is 1.91. The molecule has 0 unspecified atom stereocenters. The summed E-state index contributed by atoms with van der Waals surface area (Å²) in [6.07, 6.45) is 1.99. The monoisotopic (exact) mass is 220 g/mol. The number of rotatable bonds is 7. The predicted octanol–water partition coefficient (Wildman–Crippen LogP) is 3.66. The normalized spacial score (nSPS) is 12.3. The maximum atomic E-state index is 5.58. The summed E-state index contributed by atoms with van der Waals surface area (Å²) in [5, 5.41) is 0. The highest BCUT2D eigenvalue weighted by Crippen LogP contribution is 2.42. The van der Waals surface area contributed by atoms with Gasteiger partial charge in [0.2, 0.25) is 8.38 Å². The van der Waals surface area contributed by atoms with E-state index < -0.39 is 8.38 Å². The average Bonchev–Trinajstić information content (AvgIpc) is 2.02. The first-order valence-corrected chi connectivity index (χ1v) is 6.22. The van der Waals surface area contributed by atoms with Gasteiger partial charge >= 0.3 is 0 Å². The van der Waals surface area contributed by atoms with Gasteiger partial charge < -0.3 is 13.8 Å². The highest BCUT2D eigenvalue weighted by Gasteiger charge is 2.10. The lowest BCUT2D eigenvalue weighted by molar-refractivity contribution is 0.182. The predicted molar refractivity (Wildman–Crippen MR) is 60.1 cm³/mol. The lowest BCUT2D eigenvalue weighted by Gasteiger charge is -2.18. The standard InChI is InChI=1S/C10H21O3P/c1-6-11-7-8-14(12-9(2)3)13-10(4)5/h7-10H,6H2,1-5H3/b8-7-. The van der Waals surface area contributed by atoms with E-state index in [1.165, 1.54) is 0 Å². The van der Waals surface area contributed by atoms with Gasteiger partial charge in [-0.25, -0.2) is 0 Å². The summed E-state index contributed by atoms with van der Waals surface area (Å²) in [5.41, 5.74) is 0. The fourth-order valence-electron chi connectivity index (χ4n) is 0.700. The molecule has 0 saturated carbocycles. The molecule has 4 heteroatoms. The quantitative estimate of drug-likeness (QED) is 0.484. The van der Waals surface area contributed by atoms with Crippen LogP contribution in [0.5, 0.6) is 0 Å². The molecule has 0 aromatic carbocycles. The van der Waals surface area contributed by atoms with Gasteiger partial charge in [-0.2, -0.15) is 0 Å². The first kappa shape index (κ1) is 13.9. The van der Waals surface area contributed by atoms with Crippen LogP contribution in [-0.4, -0.2) is 18.8 Å². The zero-order chi connectivity index (χ0) is 11.0. The molecule has 0 aliphatic heterocycles. The van der Waals surface area contributed by atoms with Crippen molar-refractivity contribution in [2.75, 3.05) is 6.61 Å². The summed E-state index contributed by atoms with van der Waals surface area (Å²) in [5.74, 6) is 1.85. The van der Waals surface area contributed by atoms with E-state index in [-0.39, 0.29) is 12.2 Å². The Bertz CT molecular complexity index is 147. The smallest absolute Gasteiger partial charge is 0.201 e. The van der Waals surface area contributed by atoms with Crippen LogP contribution in [0.15, 0.2) is 12.1 Å². The van der Waals surface area contributed by atoms with Gasteiger partial charge in [-0.05, 0) is 34.6 Å². The molecule has 0 atom stereocenters. The van der Waals surface area contributed by atoms with Gasteiger partial charge in [-0.1, -0.05) is 0 Å². The third-order valence-electron chi connectivity index (χ3n) is 1.07. The highest BCUT2D eigenvalue weighted by molar-refractivity contribution is 7.50. The Labute approximate surface area is 88.3 Å².